The summed E-state index contributed by atoms with van der Waals surface area (Å²) >= 11 is 2.08. The molecule has 0 bridgehead atoms. The molecular formula is C12H19IN4O. The molecule has 2 atom stereocenters. The van der Waals surface area contributed by atoms with Gasteiger partial charge in [0, 0.05) is 25.2 Å². The fraction of sp³-hybridized carbons (Fsp3) is 0.667. The molecule has 2 rings (SSSR count). The van der Waals surface area contributed by atoms with Gasteiger partial charge in [-0.1, -0.05) is 13.8 Å². The monoisotopic (exact) mass is 362 g/mol. The highest BCUT2D eigenvalue weighted by Gasteiger charge is 2.28. The zero-order valence-corrected chi connectivity index (χ0v) is 12.9. The van der Waals surface area contributed by atoms with Crippen LogP contribution in [0.3, 0.4) is 0 Å². The minimum Gasteiger partial charge on any atom is -0.350 e. The molecule has 1 aromatic heterocycles. The maximum Gasteiger partial charge on any atom is 0.266 e. The van der Waals surface area contributed by atoms with Crippen LogP contribution in [0.15, 0.2) is 11.1 Å². The van der Waals surface area contributed by atoms with Crippen LogP contribution in [0.5, 0.6) is 0 Å². The van der Waals surface area contributed by atoms with Crippen LogP contribution >= 0.6 is 22.6 Å². The molecule has 2 unspecified atom stereocenters. The maximum absolute atomic E-state index is 11.7. The fourth-order valence-electron chi connectivity index (χ4n) is 2.34. The number of H-pyrrole nitrogens is 1. The van der Waals surface area contributed by atoms with Crippen molar-refractivity contribution >= 4 is 28.4 Å². The Kier molecular flexibility index (Phi) is 4.60. The summed E-state index contributed by atoms with van der Waals surface area (Å²) in [6, 6.07) is 0.889. The van der Waals surface area contributed by atoms with Gasteiger partial charge in [0.2, 0.25) is 0 Å². The lowest BCUT2D eigenvalue weighted by Gasteiger charge is -2.41. The van der Waals surface area contributed by atoms with Crippen LogP contribution in [-0.4, -0.2) is 35.1 Å². The third-order valence-corrected chi connectivity index (χ3v) is 4.49. The summed E-state index contributed by atoms with van der Waals surface area (Å²) in [6.07, 6.45) is 3.64. The number of aromatic amines is 1. The molecule has 1 aromatic rings. The van der Waals surface area contributed by atoms with E-state index in [1.807, 2.05) is 0 Å². The van der Waals surface area contributed by atoms with Crippen LogP contribution in [0, 0.1) is 3.57 Å². The second kappa shape index (κ2) is 6.01. The molecule has 2 N–H and O–H groups in total. The van der Waals surface area contributed by atoms with Crippen LogP contribution in [0.4, 0.5) is 5.82 Å². The summed E-state index contributed by atoms with van der Waals surface area (Å²) in [5.74, 6) is 0.825. The molecular weight excluding hydrogens is 343 g/mol. The third-order valence-electron chi connectivity index (χ3n) is 3.51. The van der Waals surface area contributed by atoms with Gasteiger partial charge in [0.15, 0.2) is 0 Å². The zero-order valence-electron chi connectivity index (χ0n) is 10.7. The van der Waals surface area contributed by atoms with Gasteiger partial charge in [-0.05, 0) is 35.4 Å². The van der Waals surface area contributed by atoms with Gasteiger partial charge < -0.3 is 15.2 Å². The molecule has 1 aliphatic heterocycles. The number of nitrogens with zero attached hydrogens (tertiary/aromatic N) is 2. The van der Waals surface area contributed by atoms with Crippen molar-refractivity contribution < 1.29 is 0 Å². The molecule has 100 valence electrons. The first-order valence-electron chi connectivity index (χ1n) is 6.40. The minimum atomic E-state index is -0.0537. The van der Waals surface area contributed by atoms with Crippen molar-refractivity contribution in [3.05, 3.63) is 20.3 Å². The van der Waals surface area contributed by atoms with E-state index in [0.29, 0.717) is 15.7 Å². The first-order chi connectivity index (χ1) is 8.67. The quantitative estimate of drug-likeness (QED) is 0.797. The summed E-state index contributed by atoms with van der Waals surface area (Å²) in [7, 11) is 0. The molecule has 6 heteroatoms. The van der Waals surface area contributed by atoms with Crippen LogP contribution < -0.4 is 15.8 Å². The first-order valence-corrected chi connectivity index (χ1v) is 7.48. The summed E-state index contributed by atoms with van der Waals surface area (Å²) in [5.41, 5.74) is -0.0537. The Morgan fingerprint density at radius 1 is 1.50 bits per heavy atom. The Bertz CT molecular complexity index is 462. The van der Waals surface area contributed by atoms with Gasteiger partial charge in [0.25, 0.3) is 5.56 Å². The average Bonchev–Trinajstić information content (AvgIpc) is 2.41. The fourth-order valence-corrected chi connectivity index (χ4v) is 2.94. The van der Waals surface area contributed by atoms with Gasteiger partial charge in [0.1, 0.15) is 9.39 Å². The van der Waals surface area contributed by atoms with Crippen molar-refractivity contribution in [3.8, 4) is 0 Å². The molecule has 1 fully saturated rings. The van der Waals surface area contributed by atoms with E-state index in [0.717, 1.165) is 31.7 Å². The predicted molar refractivity (Wildman–Crippen MR) is 81.1 cm³/mol. The lowest BCUT2D eigenvalue weighted by Crippen LogP contribution is -2.57. The van der Waals surface area contributed by atoms with Crippen molar-refractivity contribution in [1.29, 1.82) is 0 Å². The molecule has 0 spiro atoms. The number of hydrogen-bond acceptors (Lipinski definition) is 4. The largest absolute Gasteiger partial charge is 0.350 e. The Morgan fingerprint density at radius 2 is 2.28 bits per heavy atom. The predicted octanol–water partition coefficient (Wildman–Crippen LogP) is 1.34. The van der Waals surface area contributed by atoms with E-state index in [9.17, 15) is 4.79 Å². The van der Waals surface area contributed by atoms with Gasteiger partial charge in [-0.3, -0.25) is 4.79 Å². The zero-order chi connectivity index (χ0) is 13.1. The van der Waals surface area contributed by atoms with Crippen LogP contribution in [0.1, 0.15) is 26.7 Å². The molecule has 0 aromatic carbocycles. The molecule has 0 aliphatic carbocycles. The SMILES string of the molecule is CCC1CN(c2nc[nH]c(=O)c2I)C(CC)CN1. The van der Waals surface area contributed by atoms with Crippen LogP contribution in [0.2, 0.25) is 0 Å². The molecule has 1 saturated heterocycles. The topological polar surface area (TPSA) is 61.0 Å². The summed E-state index contributed by atoms with van der Waals surface area (Å²) in [4.78, 5) is 20.9. The molecule has 2 heterocycles. The Labute approximate surface area is 121 Å². The molecule has 18 heavy (non-hydrogen) atoms. The van der Waals surface area contributed by atoms with Gasteiger partial charge in [0.05, 0.1) is 6.33 Å². The maximum atomic E-state index is 11.7. The van der Waals surface area contributed by atoms with Gasteiger partial charge in [-0.15, -0.1) is 0 Å². The Hall–Kier alpha value is -0.630. The Balaban J connectivity index is 2.32. The van der Waals surface area contributed by atoms with E-state index >= 15 is 0 Å². The van der Waals surface area contributed by atoms with Crippen molar-refractivity contribution in [2.24, 2.45) is 0 Å². The lowest BCUT2D eigenvalue weighted by molar-refractivity contribution is 0.376. The lowest BCUT2D eigenvalue weighted by atomic mass is 10.1. The number of hydrogen-bond donors (Lipinski definition) is 2. The van der Waals surface area contributed by atoms with E-state index < -0.39 is 0 Å². The van der Waals surface area contributed by atoms with Crippen LogP contribution in [-0.2, 0) is 0 Å². The van der Waals surface area contributed by atoms with Gasteiger partial charge >= 0.3 is 0 Å². The number of anilines is 1. The van der Waals surface area contributed by atoms with E-state index in [-0.39, 0.29) is 5.56 Å². The number of halogens is 1. The first kappa shape index (κ1) is 13.8. The summed E-state index contributed by atoms with van der Waals surface area (Å²) in [6.45, 7) is 6.23. The second-order valence-electron chi connectivity index (χ2n) is 4.60. The highest BCUT2D eigenvalue weighted by atomic mass is 127. The van der Waals surface area contributed by atoms with Gasteiger partial charge in [-0.25, -0.2) is 4.98 Å². The number of piperazine rings is 1. The number of rotatable bonds is 3. The van der Waals surface area contributed by atoms with E-state index in [4.69, 9.17) is 0 Å². The second-order valence-corrected chi connectivity index (χ2v) is 5.68. The molecule has 5 nitrogen and oxygen atoms in total. The van der Waals surface area contributed by atoms with E-state index in [2.05, 4.69) is 56.6 Å². The van der Waals surface area contributed by atoms with E-state index in [1.54, 1.807) is 0 Å². The van der Waals surface area contributed by atoms with Crippen LogP contribution in [0.25, 0.3) is 0 Å². The van der Waals surface area contributed by atoms with Crippen molar-refractivity contribution in [2.45, 2.75) is 38.8 Å². The Morgan fingerprint density at radius 3 is 2.94 bits per heavy atom. The van der Waals surface area contributed by atoms with Crippen molar-refractivity contribution in [1.82, 2.24) is 15.3 Å². The average molecular weight is 362 g/mol. The number of nitrogens with one attached hydrogen (secondary N) is 2. The normalized spacial score (nSPS) is 24.3. The highest BCUT2D eigenvalue weighted by Crippen LogP contribution is 2.22. The minimum absolute atomic E-state index is 0.0537. The van der Waals surface area contributed by atoms with Gasteiger partial charge in [-0.2, -0.15) is 0 Å². The molecule has 0 radical (unpaired) electrons. The molecule has 0 saturated carbocycles. The smallest absolute Gasteiger partial charge is 0.266 e. The standard InChI is InChI=1S/C12H19IN4O/c1-3-8-6-17(9(4-2)5-14-8)11-10(13)12(18)16-7-15-11/h7-9,14H,3-6H2,1-2H3,(H,15,16,18). The summed E-state index contributed by atoms with van der Waals surface area (Å²) < 4.78 is 0.685. The molecule has 0 amide bonds. The molecule has 1 aliphatic rings. The number of aromatic nitrogens is 2. The van der Waals surface area contributed by atoms with Crippen molar-refractivity contribution in [2.75, 3.05) is 18.0 Å². The third kappa shape index (κ3) is 2.69. The summed E-state index contributed by atoms with van der Waals surface area (Å²) in [5, 5.41) is 3.55. The van der Waals surface area contributed by atoms with E-state index in [1.165, 1.54) is 6.33 Å². The van der Waals surface area contributed by atoms with Crippen molar-refractivity contribution in [3.63, 3.8) is 0 Å². The highest BCUT2D eigenvalue weighted by molar-refractivity contribution is 14.1.